The second-order valence-corrected chi connectivity index (χ2v) is 12.0. The third-order valence-corrected chi connectivity index (χ3v) is 7.60. The Balaban J connectivity index is 1.54. The number of hydrogen-bond acceptors (Lipinski definition) is 7. The van der Waals surface area contributed by atoms with E-state index in [1.807, 2.05) is 42.5 Å². The van der Waals surface area contributed by atoms with Gasteiger partial charge in [0, 0.05) is 38.1 Å². The van der Waals surface area contributed by atoms with Crippen LogP contribution in [0.4, 0.5) is 0 Å². The summed E-state index contributed by atoms with van der Waals surface area (Å²) in [6.07, 6.45) is 2.99. The highest BCUT2D eigenvalue weighted by atomic mass is 16.5. The average molecular weight is 553 g/mol. The number of nitrogens with zero attached hydrogens (tertiary/aromatic N) is 1. The number of carbonyl (C=O) groups is 3. The topological polar surface area (TPSA) is 120 Å². The lowest BCUT2D eigenvalue weighted by molar-refractivity contribution is -0.157. The number of aliphatic hydroxyl groups is 1. The number of ether oxygens (including phenoxy) is 1. The minimum absolute atomic E-state index is 0.000997. The Morgan fingerprint density at radius 2 is 1.85 bits per heavy atom. The van der Waals surface area contributed by atoms with Crippen LogP contribution in [0, 0.1) is 5.41 Å². The van der Waals surface area contributed by atoms with Crippen molar-refractivity contribution in [2.24, 2.45) is 5.41 Å². The Hall–Kier alpha value is -2.85. The molecule has 2 unspecified atom stereocenters. The van der Waals surface area contributed by atoms with Gasteiger partial charge in [-0.05, 0) is 48.6 Å². The third kappa shape index (κ3) is 7.87. The molecular weight excluding hydrogens is 508 g/mol. The lowest BCUT2D eigenvalue weighted by Crippen LogP contribution is -2.60. The van der Waals surface area contributed by atoms with Crippen molar-refractivity contribution in [2.75, 3.05) is 32.8 Å². The first kappa shape index (κ1) is 30.1. The maximum Gasteiger partial charge on any atom is 0.247 e. The largest absolute Gasteiger partial charge is 0.390 e. The van der Waals surface area contributed by atoms with E-state index in [9.17, 15) is 19.5 Å². The monoisotopic (exact) mass is 552 g/mol. The summed E-state index contributed by atoms with van der Waals surface area (Å²) in [5, 5.41) is 21.8. The molecule has 0 radical (unpaired) electrons. The molecule has 0 aromatic heterocycles. The van der Waals surface area contributed by atoms with Crippen LogP contribution in [-0.2, 0) is 25.5 Å². The van der Waals surface area contributed by atoms with Crippen LogP contribution < -0.4 is 16.0 Å². The van der Waals surface area contributed by atoms with Crippen LogP contribution in [0.15, 0.2) is 42.5 Å². The second kappa shape index (κ2) is 13.7. The molecular formula is C31H44N4O5. The SMILES string of the molecule is CC(C)(C)C(=O)N(C(=O)[C@@H]1CCCN1)[C@H](Cc1ccc2ccccc2c1)C(=O)NCC(O)CNCC1CCCO1. The molecule has 2 aliphatic heterocycles. The Labute approximate surface area is 237 Å². The molecule has 218 valence electrons. The highest BCUT2D eigenvalue weighted by molar-refractivity contribution is 6.04. The fourth-order valence-electron chi connectivity index (χ4n) is 5.33. The highest BCUT2D eigenvalue weighted by Crippen LogP contribution is 2.25. The van der Waals surface area contributed by atoms with E-state index in [2.05, 4.69) is 16.0 Å². The molecule has 9 heteroatoms. The van der Waals surface area contributed by atoms with Crippen LogP contribution in [0.1, 0.15) is 52.0 Å². The van der Waals surface area contributed by atoms with E-state index < -0.39 is 35.4 Å². The Morgan fingerprint density at radius 3 is 2.52 bits per heavy atom. The highest BCUT2D eigenvalue weighted by Gasteiger charge is 2.42. The molecule has 2 heterocycles. The number of fused-ring (bicyclic) bond motifs is 1. The normalized spacial score (nSPS) is 20.8. The van der Waals surface area contributed by atoms with E-state index in [0.717, 1.165) is 42.2 Å². The zero-order valence-electron chi connectivity index (χ0n) is 23.9. The van der Waals surface area contributed by atoms with Crippen molar-refractivity contribution < 1.29 is 24.2 Å². The van der Waals surface area contributed by atoms with Gasteiger partial charge in [0.05, 0.1) is 18.2 Å². The van der Waals surface area contributed by atoms with Crippen LogP contribution in [0.5, 0.6) is 0 Å². The van der Waals surface area contributed by atoms with Crippen LogP contribution in [-0.4, -0.2) is 84.8 Å². The fourth-order valence-corrected chi connectivity index (χ4v) is 5.33. The number of aliphatic hydroxyl groups excluding tert-OH is 1. The predicted octanol–water partition coefficient (Wildman–Crippen LogP) is 2.15. The van der Waals surface area contributed by atoms with E-state index in [1.54, 1.807) is 20.8 Å². The second-order valence-electron chi connectivity index (χ2n) is 12.0. The molecule has 2 aromatic rings. The lowest BCUT2D eigenvalue weighted by atomic mass is 9.91. The lowest BCUT2D eigenvalue weighted by Gasteiger charge is -2.35. The van der Waals surface area contributed by atoms with Crippen LogP contribution in [0.3, 0.4) is 0 Å². The smallest absolute Gasteiger partial charge is 0.247 e. The van der Waals surface area contributed by atoms with Gasteiger partial charge in [-0.15, -0.1) is 0 Å². The van der Waals surface area contributed by atoms with Gasteiger partial charge < -0.3 is 25.8 Å². The van der Waals surface area contributed by atoms with E-state index in [4.69, 9.17) is 4.74 Å². The van der Waals surface area contributed by atoms with Crippen LogP contribution in [0.25, 0.3) is 10.8 Å². The number of carbonyl (C=O) groups excluding carboxylic acids is 3. The van der Waals surface area contributed by atoms with Gasteiger partial charge in [0.15, 0.2) is 0 Å². The molecule has 0 saturated carbocycles. The minimum Gasteiger partial charge on any atom is -0.390 e. The van der Waals surface area contributed by atoms with Gasteiger partial charge in [-0.1, -0.05) is 63.2 Å². The summed E-state index contributed by atoms with van der Waals surface area (Å²) < 4.78 is 5.60. The van der Waals surface area contributed by atoms with Crippen molar-refractivity contribution in [1.29, 1.82) is 0 Å². The first-order valence-electron chi connectivity index (χ1n) is 14.5. The maximum atomic E-state index is 13.8. The zero-order valence-corrected chi connectivity index (χ0v) is 23.9. The molecule has 2 aliphatic rings. The van der Waals surface area contributed by atoms with Crippen molar-refractivity contribution in [3.8, 4) is 0 Å². The van der Waals surface area contributed by atoms with E-state index in [0.29, 0.717) is 26.1 Å². The van der Waals surface area contributed by atoms with Crippen molar-refractivity contribution in [1.82, 2.24) is 20.9 Å². The van der Waals surface area contributed by atoms with E-state index in [1.165, 1.54) is 4.90 Å². The number of rotatable bonds is 11. The quantitative estimate of drug-likeness (QED) is 0.337. The molecule has 4 rings (SSSR count). The first-order valence-corrected chi connectivity index (χ1v) is 14.5. The molecule has 0 aliphatic carbocycles. The molecule has 40 heavy (non-hydrogen) atoms. The van der Waals surface area contributed by atoms with Crippen molar-refractivity contribution in [3.63, 3.8) is 0 Å². The first-order chi connectivity index (χ1) is 19.1. The van der Waals surface area contributed by atoms with E-state index >= 15 is 0 Å². The van der Waals surface area contributed by atoms with Gasteiger partial charge >= 0.3 is 0 Å². The average Bonchev–Trinajstić information content (AvgIpc) is 3.65. The molecule has 2 saturated heterocycles. The summed E-state index contributed by atoms with van der Waals surface area (Å²) in [6, 6.07) is 12.3. The Morgan fingerprint density at radius 1 is 1.07 bits per heavy atom. The van der Waals surface area contributed by atoms with E-state index in [-0.39, 0.29) is 25.0 Å². The number of imide groups is 1. The number of amides is 3. The van der Waals surface area contributed by atoms with Gasteiger partial charge in [0.25, 0.3) is 0 Å². The van der Waals surface area contributed by atoms with Crippen molar-refractivity contribution in [2.45, 2.75) is 77.2 Å². The summed E-state index contributed by atoms with van der Waals surface area (Å²) in [7, 11) is 0. The number of hydrogen-bond donors (Lipinski definition) is 4. The maximum absolute atomic E-state index is 13.8. The summed E-state index contributed by atoms with van der Waals surface area (Å²) >= 11 is 0. The molecule has 3 amide bonds. The van der Waals surface area contributed by atoms with Gasteiger partial charge in [0.1, 0.15) is 6.04 Å². The molecule has 2 aromatic carbocycles. The fraction of sp³-hybridized carbons (Fsp3) is 0.581. The van der Waals surface area contributed by atoms with Crippen LogP contribution in [0.2, 0.25) is 0 Å². The summed E-state index contributed by atoms with van der Waals surface area (Å²) in [5.41, 5.74) is -0.0291. The predicted molar refractivity (Wildman–Crippen MR) is 155 cm³/mol. The Bertz CT molecular complexity index is 1170. The van der Waals surface area contributed by atoms with Gasteiger partial charge in [-0.2, -0.15) is 0 Å². The van der Waals surface area contributed by atoms with Crippen molar-refractivity contribution >= 4 is 28.5 Å². The molecule has 0 spiro atoms. The van der Waals surface area contributed by atoms with Gasteiger partial charge in [-0.3, -0.25) is 19.3 Å². The molecule has 9 nitrogen and oxygen atoms in total. The minimum atomic E-state index is -1.06. The molecule has 4 atom stereocenters. The summed E-state index contributed by atoms with van der Waals surface area (Å²) in [6.45, 7) is 7.67. The van der Waals surface area contributed by atoms with Crippen LogP contribution >= 0.6 is 0 Å². The third-order valence-electron chi connectivity index (χ3n) is 7.60. The van der Waals surface area contributed by atoms with Gasteiger partial charge in [0.2, 0.25) is 17.7 Å². The summed E-state index contributed by atoms with van der Waals surface area (Å²) in [5.74, 6) is -1.24. The molecule has 4 N–H and O–H groups in total. The molecule has 0 bridgehead atoms. The molecule has 2 fully saturated rings. The van der Waals surface area contributed by atoms with Gasteiger partial charge in [-0.25, -0.2) is 0 Å². The van der Waals surface area contributed by atoms with Crippen molar-refractivity contribution in [3.05, 3.63) is 48.0 Å². The standard InChI is InChI=1S/C31H44N4O5/c1-31(2,3)30(39)35(29(38)26-11-6-14-33-26)27(17-21-12-13-22-8-4-5-9-23(22)16-21)28(37)34-19-24(36)18-32-20-25-10-7-15-40-25/h4-5,8-9,12-13,16,24-27,32-33,36H,6-7,10-11,14-15,17-20H2,1-3H3,(H,34,37)/t24?,25?,26-,27+/m0/s1. The summed E-state index contributed by atoms with van der Waals surface area (Å²) in [4.78, 5) is 42.5. The zero-order chi connectivity index (χ0) is 28.7. The number of nitrogens with one attached hydrogen (secondary N) is 3. The number of benzene rings is 2. The Kier molecular flexibility index (Phi) is 10.3.